The number of hydrogen-bond acceptors (Lipinski definition) is 5. The highest BCUT2D eigenvalue weighted by Gasteiger charge is 2.25. The van der Waals surface area contributed by atoms with Gasteiger partial charge < -0.3 is 24.2 Å². The number of carbonyl (C=O) groups is 2. The van der Waals surface area contributed by atoms with Crippen LogP contribution in [-0.4, -0.2) is 60.3 Å². The highest BCUT2D eigenvalue weighted by atomic mass is 16.6. The molecule has 1 fully saturated rings. The van der Waals surface area contributed by atoms with Crippen molar-refractivity contribution in [2.75, 3.05) is 37.8 Å². The van der Waals surface area contributed by atoms with Gasteiger partial charge >= 0.3 is 6.09 Å². The summed E-state index contributed by atoms with van der Waals surface area (Å²) in [5.41, 5.74) is 1.62. The minimum atomic E-state index is -0.451. The van der Waals surface area contributed by atoms with Crippen LogP contribution in [0.5, 0.6) is 5.75 Å². The molecule has 2 aromatic carbocycles. The first-order chi connectivity index (χ1) is 16.2. The Hall–Kier alpha value is -3.22. The molecule has 0 bridgehead atoms. The zero-order valence-electron chi connectivity index (χ0n) is 21.0. The van der Waals surface area contributed by atoms with Gasteiger partial charge in [0, 0.05) is 37.4 Å². The lowest BCUT2D eigenvalue weighted by Gasteiger charge is -2.31. The number of rotatable bonds is 8. The SMILES string of the molecule is CCN(CC)C(=O)c1ccc(OC(C)(C)C)c(N(COC(=O)N2CCCC2)c2ccccc2)c1. The van der Waals surface area contributed by atoms with Gasteiger partial charge in [-0.3, -0.25) is 4.79 Å². The molecule has 1 heterocycles. The highest BCUT2D eigenvalue weighted by Crippen LogP contribution is 2.37. The zero-order valence-corrected chi connectivity index (χ0v) is 21.0. The average Bonchev–Trinajstić information content (AvgIpc) is 3.35. The van der Waals surface area contributed by atoms with Crippen LogP contribution in [-0.2, 0) is 4.74 Å². The molecule has 3 rings (SSSR count). The Morgan fingerprint density at radius 1 is 0.971 bits per heavy atom. The first-order valence-corrected chi connectivity index (χ1v) is 12.1. The molecule has 0 saturated carbocycles. The fourth-order valence-corrected chi connectivity index (χ4v) is 3.97. The molecule has 1 aliphatic heterocycles. The molecule has 0 aliphatic carbocycles. The van der Waals surface area contributed by atoms with Crippen molar-refractivity contribution in [1.29, 1.82) is 0 Å². The van der Waals surface area contributed by atoms with E-state index in [4.69, 9.17) is 9.47 Å². The van der Waals surface area contributed by atoms with Gasteiger partial charge in [0.1, 0.15) is 11.4 Å². The van der Waals surface area contributed by atoms with Crippen molar-refractivity contribution in [2.24, 2.45) is 0 Å². The minimum absolute atomic E-state index is 0.00274. The Kier molecular flexibility index (Phi) is 8.42. The fraction of sp³-hybridized carbons (Fsp3) is 0.481. The molecule has 184 valence electrons. The van der Waals surface area contributed by atoms with Gasteiger partial charge in [0.2, 0.25) is 0 Å². The summed E-state index contributed by atoms with van der Waals surface area (Å²) in [6.45, 7) is 12.6. The maximum absolute atomic E-state index is 13.1. The summed E-state index contributed by atoms with van der Waals surface area (Å²) in [4.78, 5) is 31.2. The van der Waals surface area contributed by atoms with Gasteiger partial charge in [-0.05, 0) is 77.8 Å². The molecule has 0 spiro atoms. The van der Waals surface area contributed by atoms with Crippen LogP contribution in [0.25, 0.3) is 0 Å². The quantitative estimate of drug-likeness (QED) is 0.468. The number of ether oxygens (including phenoxy) is 2. The van der Waals surface area contributed by atoms with E-state index >= 15 is 0 Å². The van der Waals surface area contributed by atoms with Crippen LogP contribution in [0.3, 0.4) is 0 Å². The summed E-state index contributed by atoms with van der Waals surface area (Å²) in [6.07, 6.45) is 1.67. The summed E-state index contributed by atoms with van der Waals surface area (Å²) in [5.74, 6) is 0.570. The molecule has 1 aliphatic rings. The van der Waals surface area contributed by atoms with Crippen LogP contribution in [0.1, 0.15) is 57.8 Å². The van der Waals surface area contributed by atoms with Crippen molar-refractivity contribution in [1.82, 2.24) is 9.80 Å². The lowest BCUT2D eigenvalue weighted by Crippen LogP contribution is -2.33. The molecule has 7 heteroatoms. The van der Waals surface area contributed by atoms with E-state index in [1.54, 1.807) is 15.9 Å². The Morgan fingerprint density at radius 2 is 1.62 bits per heavy atom. The number of benzene rings is 2. The molecule has 0 atom stereocenters. The van der Waals surface area contributed by atoms with E-state index in [1.165, 1.54) is 0 Å². The highest BCUT2D eigenvalue weighted by molar-refractivity contribution is 5.96. The van der Waals surface area contributed by atoms with Crippen LogP contribution in [0.15, 0.2) is 48.5 Å². The van der Waals surface area contributed by atoms with Crippen LogP contribution in [0.4, 0.5) is 16.2 Å². The number of likely N-dealkylation sites (tertiary alicyclic amines) is 1. The van der Waals surface area contributed by atoms with Gasteiger partial charge in [-0.15, -0.1) is 0 Å². The van der Waals surface area contributed by atoms with Gasteiger partial charge in [0.15, 0.2) is 6.73 Å². The number of hydrogen-bond donors (Lipinski definition) is 0. The van der Waals surface area contributed by atoms with Gasteiger partial charge in [-0.2, -0.15) is 0 Å². The molecule has 2 amide bonds. The van der Waals surface area contributed by atoms with E-state index in [2.05, 4.69) is 0 Å². The largest absolute Gasteiger partial charge is 0.486 e. The predicted octanol–water partition coefficient (Wildman–Crippen LogP) is 5.67. The van der Waals surface area contributed by atoms with Crippen molar-refractivity contribution in [3.63, 3.8) is 0 Å². The van der Waals surface area contributed by atoms with E-state index in [9.17, 15) is 9.59 Å². The molecule has 0 radical (unpaired) electrons. The maximum Gasteiger partial charge on any atom is 0.411 e. The van der Waals surface area contributed by atoms with E-state index in [0.717, 1.165) is 31.6 Å². The molecule has 2 aromatic rings. The van der Waals surface area contributed by atoms with Crippen molar-refractivity contribution < 1.29 is 19.1 Å². The van der Waals surface area contributed by atoms with Gasteiger partial charge in [-0.1, -0.05) is 18.2 Å². The number of anilines is 2. The van der Waals surface area contributed by atoms with Crippen LogP contribution < -0.4 is 9.64 Å². The predicted molar refractivity (Wildman–Crippen MR) is 135 cm³/mol. The smallest absolute Gasteiger partial charge is 0.411 e. The van der Waals surface area contributed by atoms with Crippen LogP contribution in [0.2, 0.25) is 0 Å². The molecule has 0 unspecified atom stereocenters. The Morgan fingerprint density at radius 3 is 2.21 bits per heavy atom. The summed E-state index contributed by atoms with van der Waals surface area (Å²) in [7, 11) is 0. The molecule has 1 saturated heterocycles. The van der Waals surface area contributed by atoms with Crippen molar-refractivity contribution >= 4 is 23.4 Å². The molecular formula is C27H37N3O4. The van der Waals surface area contributed by atoms with E-state index in [1.807, 2.05) is 82.0 Å². The lowest BCUT2D eigenvalue weighted by molar-refractivity contribution is 0.0772. The third kappa shape index (κ3) is 6.43. The van der Waals surface area contributed by atoms with Gasteiger partial charge in [0.25, 0.3) is 5.91 Å². The van der Waals surface area contributed by atoms with E-state index < -0.39 is 5.60 Å². The number of para-hydroxylation sites is 1. The van der Waals surface area contributed by atoms with Gasteiger partial charge in [-0.25, -0.2) is 4.79 Å². The second-order valence-corrected chi connectivity index (χ2v) is 9.37. The Labute approximate surface area is 203 Å². The third-order valence-corrected chi connectivity index (χ3v) is 5.71. The van der Waals surface area contributed by atoms with Crippen molar-refractivity contribution in [3.8, 4) is 5.75 Å². The summed E-state index contributed by atoms with van der Waals surface area (Å²) in [5, 5.41) is 0. The second kappa shape index (κ2) is 11.3. The van der Waals surface area contributed by atoms with Gasteiger partial charge in [0.05, 0.1) is 5.69 Å². The first kappa shape index (κ1) is 25.4. The van der Waals surface area contributed by atoms with E-state index in [-0.39, 0.29) is 18.7 Å². The summed E-state index contributed by atoms with van der Waals surface area (Å²) < 4.78 is 12.0. The standard InChI is InChI=1S/C27H37N3O4/c1-6-28(7-2)25(31)21-15-16-24(34-27(3,4)5)23(19-21)30(22-13-9-8-10-14-22)20-33-26(32)29-17-11-12-18-29/h8-10,13-16,19H,6-7,11-12,17-18,20H2,1-5H3. The Balaban J connectivity index is 2.02. The molecule has 34 heavy (non-hydrogen) atoms. The molecule has 7 nitrogen and oxygen atoms in total. The first-order valence-electron chi connectivity index (χ1n) is 12.1. The fourth-order valence-electron chi connectivity index (χ4n) is 3.97. The molecule has 0 aromatic heterocycles. The minimum Gasteiger partial charge on any atom is -0.486 e. The normalized spacial score (nSPS) is 13.5. The average molecular weight is 468 g/mol. The lowest BCUT2D eigenvalue weighted by atomic mass is 10.1. The van der Waals surface area contributed by atoms with Crippen molar-refractivity contribution in [3.05, 3.63) is 54.1 Å². The summed E-state index contributed by atoms with van der Waals surface area (Å²) >= 11 is 0. The zero-order chi connectivity index (χ0) is 24.7. The third-order valence-electron chi connectivity index (χ3n) is 5.71. The van der Waals surface area contributed by atoms with Crippen LogP contribution in [0, 0.1) is 0 Å². The monoisotopic (exact) mass is 467 g/mol. The second-order valence-electron chi connectivity index (χ2n) is 9.37. The van der Waals surface area contributed by atoms with Crippen molar-refractivity contribution in [2.45, 2.75) is 53.1 Å². The number of carbonyl (C=O) groups excluding carboxylic acids is 2. The maximum atomic E-state index is 13.1. The number of nitrogens with zero attached hydrogens (tertiary/aromatic N) is 3. The van der Waals surface area contributed by atoms with Crippen LogP contribution >= 0.6 is 0 Å². The number of amides is 2. The summed E-state index contributed by atoms with van der Waals surface area (Å²) in [6, 6.07) is 15.1. The molecule has 0 N–H and O–H groups in total. The topological polar surface area (TPSA) is 62.3 Å². The van der Waals surface area contributed by atoms with E-state index in [0.29, 0.717) is 30.1 Å². The molecular weight excluding hydrogens is 430 g/mol. The Bertz CT molecular complexity index is 962.